The standard InChI is InChI=1S/C16H14BrClO3/c1-2-20-16(19)15(11-6-4-3-5-7-11)21-14-9-8-12(18)10-13(14)17/h3-10,15H,2H2,1H3. The van der Waals surface area contributed by atoms with Gasteiger partial charge in [-0.05, 0) is 41.1 Å². The molecule has 0 saturated heterocycles. The number of carbonyl (C=O) groups is 1. The van der Waals surface area contributed by atoms with Crippen molar-refractivity contribution in [1.82, 2.24) is 0 Å². The number of carbonyl (C=O) groups excluding carboxylic acids is 1. The molecule has 110 valence electrons. The second-order valence-corrected chi connectivity index (χ2v) is 5.53. The third-order valence-corrected chi connectivity index (χ3v) is 3.60. The highest BCUT2D eigenvalue weighted by molar-refractivity contribution is 9.10. The molecule has 5 heteroatoms. The summed E-state index contributed by atoms with van der Waals surface area (Å²) in [7, 11) is 0. The summed E-state index contributed by atoms with van der Waals surface area (Å²) in [4.78, 5) is 12.1. The molecule has 0 aliphatic rings. The van der Waals surface area contributed by atoms with Gasteiger partial charge in [0.25, 0.3) is 0 Å². The summed E-state index contributed by atoms with van der Waals surface area (Å²) in [5.74, 6) is 0.104. The number of hydrogen-bond acceptors (Lipinski definition) is 3. The SMILES string of the molecule is CCOC(=O)C(Oc1ccc(Cl)cc1Br)c1ccccc1. The van der Waals surface area contributed by atoms with Crippen molar-refractivity contribution in [2.75, 3.05) is 6.61 Å². The third kappa shape index (κ3) is 4.22. The molecular formula is C16H14BrClO3. The van der Waals surface area contributed by atoms with Gasteiger partial charge in [-0.25, -0.2) is 4.79 Å². The lowest BCUT2D eigenvalue weighted by molar-refractivity contribution is -0.151. The monoisotopic (exact) mass is 368 g/mol. The van der Waals surface area contributed by atoms with Crippen LogP contribution in [-0.2, 0) is 9.53 Å². The van der Waals surface area contributed by atoms with E-state index in [0.29, 0.717) is 21.9 Å². The van der Waals surface area contributed by atoms with E-state index in [1.54, 1.807) is 25.1 Å². The highest BCUT2D eigenvalue weighted by Gasteiger charge is 2.24. The van der Waals surface area contributed by atoms with E-state index in [1.807, 2.05) is 30.3 Å². The van der Waals surface area contributed by atoms with Crippen LogP contribution in [0, 0.1) is 0 Å². The highest BCUT2D eigenvalue weighted by atomic mass is 79.9. The average molecular weight is 370 g/mol. The Labute approximate surface area is 137 Å². The van der Waals surface area contributed by atoms with Crippen LogP contribution in [0.2, 0.25) is 5.02 Å². The first-order valence-corrected chi connectivity index (χ1v) is 7.62. The van der Waals surface area contributed by atoms with Gasteiger partial charge in [0.15, 0.2) is 0 Å². The predicted molar refractivity (Wildman–Crippen MR) is 85.6 cm³/mol. The van der Waals surface area contributed by atoms with Gasteiger partial charge in [-0.15, -0.1) is 0 Å². The molecule has 2 aromatic rings. The zero-order valence-corrected chi connectivity index (χ0v) is 13.7. The van der Waals surface area contributed by atoms with Crippen LogP contribution in [-0.4, -0.2) is 12.6 Å². The summed E-state index contributed by atoms with van der Waals surface area (Å²) in [6, 6.07) is 14.4. The molecule has 0 saturated carbocycles. The van der Waals surface area contributed by atoms with Crippen molar-refractivity contribution in [2.24, 2.45) is 0 Å². The molecule has 0 fully saturated rings. The summed E-state index contributed by atoms with van der Waals surface area (Å²) < 4.78 is 11.6. The topological polar surface area (TPSA) is 35.5 Å². The largest absolute Gasteiger partial charge is 0.473 e. The fourth-order valence-corrected chi connectivity index (χ4v) is 2.57. The Morgan fingerprint density at radius 1 is 1.24 bits per heavy atom. The molecule has 0 heterocycles. The molecular weight excluding hydrogens is 356 g/mol. The Hall–Kier alpha value is -1.52. The first-order valence-electron chi connectivity index (χ1n) is 6.45. The zero-order valence-electron chi connectivity index (χ0n) is 11.4. The van der Waals surface area contributed by atoms with Crippen LogP contribution in [0.1, 0.15) is 18.6 Å². The summed E-state index contributed by atoms with van der Waals surface area (Å²) in [5, 5.41) is 0.585. The molecule has 0 spiro atoms. The molecule has 0 amide bonds. The van der Waals surface area contributed by atoms with Crippen LogP contribution in [0.15, 0.2) is 53.0 Å². The van der Waals surface area contributed by atoms with Gasteiger partial charge in [-0.1, -0.05) is 41.9 Å². The summed E-state index contributed by atoms with van der Waals surface area (Å²) >= 11 is 9.28. The van der Waals surface area contributed by atoms with Gasteiger partial charge < -0.3 is 9.47 Å². The van der Waals surface area contributed by atoms with Crippen LogP contribution < -0.4 is 4.74 Å². The Balaban J connectivity index is 2.30. The molecule has 1 atom stereocenters. The lowest BCUT2D eigenvalue weighted by Gasteiger charge is -2.19. The maximum Gasteiger partial charge on any atom is 0.352 e. The van der Waals surface area contributed by atoms with Crippen LogP contribution in [0.25, 0.3) is 0 Å². The Morgan fingerprint density at radius 3 is 2.57 bits per heavy atom. The van der Waals surface area contributed by atoms with Gasteiger partial charge in [0.1, 0.15) is 5.75 Å². The van der Waals surface area contributed by atoms with Crippen molar-refractivity contribution in [2.45, 2.75) is 13.0 Å². The Morgan fingerprint density at radius 2 is 1.95 bits per heavy atom. The van der Waals surface area contributed by atoms with E-state index in [-0.39, 0.29) is 0 Å². The first kappa shape index (κ1) is 15.9. The predicted octanol–water partition coefficient (Wildman–Crippen LogP) is 4.79. The minimum atomic E-state index is -0.816. The fraction of sp³-hybridized carbons (Fsp3) is 0.188. The molecule has 0 aromatic heterocycles. The molecule has 2 aromatic carbocycles. The van der Waals surface area contributed by atoms with Gasteiger partial charge in [-0.3, -0.25) is 0 Å². The molecule has 2 rings (SSSR count). The van der Waals surface area contributed by atoms with Crippen molar-refractivity contribution in [1.29, 1.82) is 0 Å². The number of ether oxygens (including phenoxy) is 2. The minimum Gasteiger partial charge on any atom is -0.473 e. The van der Waals surface area contributed by atoms with Gasteiger partial charge in [0, 0.05) is 10.6 Å². The summed E-state index contributed by atoms with van der Waals surface area (Å²) in [6.45, 7) is 2.06. The van der Waals surface area contributed by atoms with E-state index < -0.39 is 12.1 Å². The second-order valence-electron chi connectivity index (χ2n) is 4.24. The molecule has 0 aliphatic heterocycles. The summed E-state index contributed by atoms with van der Waals surface area (Å²) in [5.41, 5.74) is 0.734. The van der Waals surface area contributed by atoms with Crippen molar-refractivity contribution < 1.29 is 14.3 Å². The first-order chi connectivity index (χ1) is 10.1. The van der Waals surface area contributed by atoms with Gasteiger partial charge in [0.2, 0.25) is 6.10 Å². The lowest BCUT2D eigenvalue weighted by Crippen LogP contribution is -2.21. The number of hydrogen-bond donors (Lipinski definition) is 0. The van der Waals surface area contributed by atoms with E-state index in [4.69, 9.17) is 21.1 Å². The minimum absolute atomic E-state index is 0.299. The van der Waals surface area contributed by atoms with E-state index in [0.717, 1.165) is 5.56 Å². The maximum absolute atomic E-state index is 12.1. The lowest BCUT2D eigenvalue weighted by atomic mass is 10.1. The summed E-state index contributed by atoms with van der Waals surface area (Å²) in [6.07, 6.45) is -0.816. The van der Waals surface area contributed by atoms with E-state index >= 15 is 0 Å². The molecule has 0 aliphatic carbocycles. The third-order valence-electron chi connectivity index (χ3n) is 2.74. The van der Waals surface area contributed by atoms with Crippen LogP contribution in [0.5, 0.6) is 5.75 Å². The molecule has 21 heavy (non-hydrogen) atoms. The fourth-order valence-electron chi connectivity index (χ4n) is 1.80. The van der Waals surface area contributed by atoms with Crippen molar-refractivity contribution >= 4 is 33.5 Å². The molecule has 0 N–H and O–H groups in total. The number of halogens is 2. The van der Waals surface area contributed by atoms with E-state index in [1.165, 1.54) is 0 Å². The van der Waals surface area contributed by atoms with Crippen molar-refractivity contribution in [3.05, 3.63) is 63.6 Å². The van der Waals surface area contributed by atoms with Gasteiger partial charge >= 0.3 is 5.97 Å². The van der Waals surface area contributed by atoms with Crippen LogP contribution in [0.4, 0.5) is 0 Å². The molecule has 3 nitrogen and oxygen atoms in total. The smallest absolute Gasteiger partial charge is 0.352 e. The van der Waals surface area contributed by atoms with Crippen molar-refractivity contribution in [3.63, 3.8) is 0 Å². The number of esters is 1. The normalized spacial score (nSPS) is 11.8. The maximum atomic E-state index is 12.1. The van der Waals surface area contributed by atoms with Crippen LogP contribution in [0.3, 0.4) is 0 Å². The average Bonchev–Trinajstić information content (AvgIpc) is 2.47. The van der Waals surface area contributed by atoms with Crippen molar-refractivity contribution in [3.8, 4) is 5.75 Å². The quantitative estimate of drug-likeness (QED) is 0.711. The second kappa shape index (κ2) is 7.48. The van der Waals surface area contributed by atoms with Gasteiger partial charge in [-0.2, -0.15) is 0 Å². The highest BCUT2D eigenvalue weighted by Crippen LogP contribution is 2.32. The number of benzene rings is 2. The molecule has 0 bridgehead atoms. The molecule has 1 unspecified atom stereocenters. The van der Waals surface area contributed by atoms with E-state index in [2.05, 4.69) is 15.9 Å². The van der Waals surface area contributed by atoms with E-state index in [9.17, 15) is 4.79 Å². The zero-order chi connectivity index (χ0) is 15.2. The van der Waals surface area contributed by atoms with Gasteiger partial charge in [0.05, 0.1) is 11.1 Å². The Kier molecular flexibility index (Phi) is 5.65. The Bertz CT molecular complexity index is 616. The molecule has 0 radical (unpaired) electrons. The number of rotatable bonds is 5. The van der Waals surface area contributed by atoms with Crippen LogP contribution >= 0.6 is 27.5 Å².